The third-order valence-corrected chi connectivity index (χ3v) is 3.85. The van der Waals surface area contributed by atoms with Gasteiger partial charge in [0, 0.05) is 33.6 Å². The van der Waals surface area contributed by atoms with Crippen molar-refractivity contribution in [1.82, 2.24) is 9.97 Å². The largest absolute Gasteiger partial charge is 0.478 e. The Labute approximate surface area is 144 Å². The fourth-order valence-corrected chi connectivity index (χ4v) is 2.75. The van der Waals surface area contributed by atoms with E-state index in [4.69, 9.17) is 5.11 Å². The maximum Gasteiger partial charge on any atom is 0.331 e. The highest BCUT2D eigenvalue weighted by Gasteiger charge is 2.06. The summed E-state index contributed by atoms with van der Waals surface area (Å²) < 4.78 is 0. The molecule has 0 saturated carbocycles. The first-order chi connectivity index (χ1) is 11.3. The number of hydrogen-bond acceptors (Lipinski definition) is 5. The van der Waals surface area contributed by atoms with Crippen LogP contribution in [0.2, 0.25) is 0 Å². The second kappa shape index (κ2) is 7.74. The van der Waals surface area contributed by atoms with Crippen molar-refractivity contribution in [2.24, 2.45) is 0 Å². The summed E-state index contributed by atoms with van der Waals surface area (Å²) in [5.41, 5.74) is 2.38. The zero-order valence-electron chi connectivity index (χ0n) is 13.5. The number of anilines is 1. The van der Waals surface area contributed by atoms with Crippen molar-refractivity contribution < 1.29 is 14.7 Å². The summed E-state index contributed by atoms with van der Waals surface area (Å²) in [7, 11) is 0. The summed E-state index contributed by atoms with van der Waals surface area (Å²) in [4.78, 5) is 32.1. The summed E-state index contributed by atoms with van der Waals surface area (Å²) in [6.45, 7) is 5.21. The molecule has 6 nitrogen and oxygen atoms in total. The first kappa shape index (κ1) is 17.7. The summed E-state index contributed by atoms with van der Waals surface area (Å²) in [5.74, 6) is -1.60. The zero-order valence-corrected chi connectivity index (χ0v) is 14.3. The molecule has 0 radical (unpaired) electrons. The molecule has 1 aromatic carbocycles. The first-order valence-electron chi connectivity index (χ1n) is 7.16. The lowest BCUT2D eigenvalue weighted by Crippen LogP contribution is -2.10. The highest BCUT2D eigenvalue weighted by atomic mass is 32.2. The van der Waals surface area contributed by atoms with E-state index in [-0.39, 0.29) is 5.57 Å². The lowest BCUT2D eigenvalue weighted by Gasteiger charge is -2.05. The average molecular weight is 343 g/mol. The Balaban J connectivity index is 2.04. The third-order valence-electron chi connectivity index (χ3n) is 2.98. The van der Waals surface area contributed by atoms with Crippen LogP contribution in [-0.2, 0) is 9.59 Å². The average Bonchev–Trinajstić information content (AvgIpc) is 2.48. The van der Waals surface area contributed by atoms with Gasteiger partial charge in [0.1, 0.15) is 0 Å². The van der Waals surface area contributed by atoms with Gasteiger partial charge in [0.05, 0.1) is 0 Å². The molecular weight excluding hydrogens is 326 g/mol. The fourth-order valence-electron chi connectivity index (χ4n) is 1.89. The smallest absolute Gasteiger partial charge is 0.331 e. The Bertz CT molecular complexity index is 781. The highest BCUT2D eigenvalue weighted by Crippen LogP contribution is 2.26. The predicted molar refractivity (Wildman–Crippen MR) is 92.1 cm³/mol. The summed E-state index contributed by atoms with van der Waals surface area (Å²) in [6.07, 6.45) is 1.05. The predicted octanol–water partition coefficient (Wildman–Crippen LogP) is 3.21. The number of carboxylic acid groups (broad SMARTS) is 1. The van der Waals surface area contributed by atoms with Gasteiger partial charge in [-0.05, 0) is 62.9 Å². The Morgan fingerprint density at radius 1 is 1.12 bits per heavy atom. The Kier molecular flexibility index (Phi) is 5.70. The number of carbonyl (C=O) groups excluding carboxylic acids is 1. The molecule has 1 heterocycles. The van der Waals surface area contributed by atoms with Crippen LogP contribution in [0.4, 0.5) is 5.69 Å². The quantitative estimate of drug-likeness (QED) is 0.640. The molecule has 0 fully saturated rings. The molecule has 0 aliphatic rings. The molecule has 0 saturated heterocycles. The molecule has 2 N–H and O–H groups in total. The van der Waals surface area contributed by atoms with Gasteiger partial charge < -0.3 is 10.4 Å². The number of nitrogens with one attached hydrogen (secondary N) is 1. The number of benzene rings is 1. The minimum atomic E-state index is -1.12. The highest BCUT2D eigenvalue weighted by molar-refractivity contribution is 7.99. The number of rotatable bonds is 5. The standard InChI is InChI=1S/C17H17N3O3S/c1-10(16(22)23)8-15(21)20-13-4-6-14(7-5-13)24-17-18-11(2)9-12(3)19-17/h4-9H,1-3H3,(H,20,21)(H,22,23). The molecule has 0 bridgehead atoms. The van der Waals surface area contributed by atoms with Gasteiger partial charge in [-0.1, -0.05) is 0 Å². The van der Waals surface area contributed by atoms with E-state index in [9.17, 15) is 9.59 Å². The Hall–Kier alpha value is -2.67. The van der Waals surface area contributed by atoms with Gasteiger partial charge in [-0.25, -0.2) is 14.8 Å². The third kappa shape index (κ3) is 5.20. The molecule has 124 valence electrons. The minimum Gasteiger partial charge on any atom is -0.478 e. The summed E-state index contributed by atoms with van der Waals surface area (Å²) in [5, 5.41) is 12.0. The first-order valence-corrected chi connectivity index (χ1v) is 7.98. The molecule has 0 aliphatic heterocycles. The fraction of sp³-hybridized carbons (Fsp3) is 0.176. The number of aliphatic carboxylic acids is 1. The molecule has 0 unspecified atom stereocenters. The van der Waals surface area contributed by atoms with Crippen LogP contribution in [0.3, 0.4) is 0 Å². The van der Waals surface area contributed by atoms with Gasteiger partial charge >= 0.3 is 5.97 Å². The molecule has 24 heavy (non-hydrogen) atoms. The number of aryl methyl sites for hydroxylation is 2. The Morgan fingerprint density at radius 2 is 1.71 bits per heavy atom. The van der Waals surface area contributed by atoms with E-state index < -0.39 is 11.9 Å². The van der Waals surface area contributed by atoms with Gasteiger partial charge in [-0.15, -0.1) is 0 Å². The topological polar surface area (TPSA) is 92.2 Å². The summed E-state index contributed by atoms with van der Waals surface area (Å²) in [6, 6.07) is 9.08. The SMILES string of the molecule is CC(=CC(=O)Nc1ccc(Sc2nc(C)cc(C)n2)cc1)C(=O)O. The van der Waals surface area contributed by atoms with Crippen molar-refractivity contribution in [3.05, 3.63) is 53.4 Å². The van der Waals surface area contributed by atoms with Crippen molar-refractivity contribution in [2.45, 2.75) is 30.8 Å². The molecular formula is C17H17N3O3S. The van der Waals surface area contributed by atoms with E-state index in [1.807, 2.05) is 32.0 Å². The van der Waals surface area contributed by atoms with Crippen LogP contribution in [0, 0.1) is 13.8 Å². The number of nitrogens with zero attached hydrogens (tertiary/aromatic N) is 2. The second-order valence-corrected chi connectivity index (χ2v) is 6.22. The second-order valence-electron chi connectivity index (χ2n) is 5.18. The van der Waals surface area contributed by atoms with E-state index in [1.54, 1.807) is 12.1 Å². The molecule has 2 rings (SSSR count). The van der Waals surface area contributed by atoms with Crippen molar-refractivity contribution in [2.75, 3.05) is 5.32 Å². The van der Waals surface area contributed by atoms with Crippen molar-refractivity contribution >= 4 is 29.3 Å². The molecule has 1 amide bonds. The van der Waals surface area contributed by atoms with Crippen molar-refractivity contribution in [1.29, 1.82) is 0 Å². The van der Waals surface area contributed by atoms with Gasteiger partial charge in [0.25, 0.3) is 0 Å². The molecule has 0 aliphatic carbocycles. The van der Waals surface area contributed by atoms with E-state index >= 15 is 0 Å². The van der Waals surface area contributed by atoms with Crippen LogP contribution in [0.25, 0.3) is 0 Å². The molecule has 1 aromatic heterocycles. The molecule has 7 heteroatoms. The van der Waals surface area contributed by atoms with Crippen LogP contribution in [-0.4, -0.2) is 27.0 Å². The van der Waals surface area contributed by atoms with E-state index in [0.717, 1.165) is 22.4 Å². The number of carbonyl (C=O) groups is 2. The number of aromatic nitrogens is 2. The number of amides is 1. The maximum atomic E-state index is 11.7. The monoisotopic (exact) mass is 343 g/mol. The Morgan fingerprint density at radius 3 is 2.25 bits per heavy atom. The van der Waals surface area contributed by atoms with E-state index in [1.165, 1.54) is 18.7 Å². The number of hydrogen-bond donors (Lipinski definition) is 2. The lowest BCUT2D eigenvalue weighted by atomic mass is 10.2. The zero-order chi connectivity index (χ0) is 17.7. The molecule has 0 spiro atoms. The van der Waals surface area contributed by atoms with Crippen LogP contribution in [0.15, 0.2) is 52.0 Å². The molecule has 2 aromatic rings. The minimum absolute atomic E-state index is 0.0216. The summed E-state index contributed by atoms with van der Waals surface area (Å²) >= 11 is 1.43. The van der Waals surface area contributed by atoms with Crippen molar-refractivity contribution in [3.8, 4) is 0 Å². The lowest BCUT2D eigenvalue weighted by molar-refractivity contribution is -0.132. The van der Waals surface area contributed by atoms with Gasteiger partial charge in [-0.3, -0.25) is 4.79 Å². The number of carboxylic acids is 1. The van der Waals surface area contributed by atoms with Crippen LogP contribution >= 0.6 is 11.8 Å². The van der Waals surface area contributed by atoms with Gasteiger partial charge in [0.2, 0.25) is 5.91 Å². The van der Waals surface area contributed by atoms with Crippen LogP contribution < -0.4 is 5.32 Å². The maximum absolute atomic E-state index is 11.7. The van der Waals surface area contributed by atoms with Crippen LogP contribution in [0.5, 0.6) is 0 Å². The van der Waals surface area contributed by atoms with Crippen molar-refractivity contribution in [3.63, 3.8) is 0 Å². The van der Waals surface area contributed by atoms with E-state index in [0.29, 0.717) is 10.8 Å². The normalized spacial score (nSPS) is 11.2. The van der Waals surface area contributed by atoms with E-state index in [2.05, 4.69) is 15.3 Å². The molecule has 0 atom stereocenters. The van der Waals surface area contributed by atoms with Gasteiger partial charge in [-0.2, -0.15) is 0 Å². The van der Waals surface area contributed by atoms with Crippen LogP contribution in [0.1, 0.15) is 18.3 Å². The van der Waals surface area contributed by atoms with Gasteiger partial charge in [0.15, 0.2) is 5.16 Å².